The molecule has 1 saturated carbocycles. The molecule has 1 amide bonds. The second-order valence-electron chi connectivity index (χ2n) is 8.16. The second kappa shape index (κ2) is 8.16. The van der Waals surface area contributed by atoms with Crippen LogP contribution in [0, 0.1) is 11.8 Å². The Hall–Kier alpha value is -2.38. The first-order valence-corrected chi connectivity index (χ1v) is 11.6. The molecule has 2 aliphatic rings. The fourth-order valence-corrected chi connectivity index (χ4v) is 4.73. The highest BCUT2D eigenvalue weighted by molar-refractivity contribution is 7.89. The normalized spacial score (nSPS) is 19.3. The van der Waals surface area contributed by atoms with Crippen LogP contribution in [-0.2, 0) is 10.0 Å². The van der Waals surface area contributed by atoms with E-state index in [1.54, 1.807) is 12.1 Å². The number of hydrogen-bond donors (Lipinski definition) is 2. The van der Waals surface area contributed by atoms with Crippen molar-refractivity contribution in [1.29, 1.82) is 0 Å². The average molecular weight is 414 g/mol. The minimum atomic E-state index is -3.60. The van der Waals surface area contributed by atoms with Gasteiger partial charge < -0.3 is 10.2 Å². The van der Waals surface area contributed by atoms with E-state index in [0.717, 1.165) is 31.6 Å². The van der Waals surface area contributed by atoms with Gasteiger partial charge in [0.15, 0.2) is 0 Å². The van der Waals surface area contributed by atoms with Crippen molar-refractivity contribution >= 4 is 27.3 Å². The topological polar surface area (TPSA) is 78.5 Å². The van der Waals surface area contributed by atoms with Gasteiger partial charge in [-0.2, -0.15) is 0 Å². The van der Waals surface area contributed by atoms with Crippen LogP contribution in [0.25, 0.3) is 0 Å². The molecule has 7 heteroatoms. The van der Waals surface area contributed by atoms with Crippen molar-refractivity contribution < 1.29 is 13.2 Å². The van der Waals surface area contributed by atoms with Crippen molar-refractivity contribution in [3.05, 3.63) is 54.1 Å². The van der Waals surface area contributed by atoms with Crippen LogP contribution in [0.1, 0.15) is 36.5 Å². The van der Waals surface area contributed by atoms with Crippen LogP contribution in [0.3, 0.4) is 0 Å². The lowest BCUT2D eigenvalue weighted by molar-refractivity contribution is 0.102. The Labute approximate surface area is 172 Å². The van der Waals surface area contributed by atoms with Gasteiger partial charge in [-0.25, -0.2) is 13.1 Å². The Morgan fingerprint density at radius 2 is 1.86 bits per heavy atom. The summed E-state index contributed by atoms with van der Waals surface area (Å²) in [5.74, 6) is 0.825. The first kappa shape index (κ1) is 19.9. The molecule has 29 heavy (non-hydrogen) atoms. The maximum atomic E-state index is 12.6. The standard InChI is InChI=1S/C22H27N3O3S/c1-16-11-12-25(15-16)20-9-7-19(8-10-20)24-22(26)18-3-2-4-21(13-18)29(27,28)23-14-17-5-6-17/h2-4,7-10,13,16-17,23H,5-6,11-12,14-15H2,1H3,(H,24,26). The third-order valence-electron chi connectivity index (χ3n) is 5.58. The zero-order valence-corrected chi connectivity index (χ0v) is 17.4. The quantitative estimate of drug-likeness (QED) is 0.729. The number of anilines is 2. The number of hydrogen-bond acceptors (Lipinski definition) is 4. The van der Waals surface area contributed by atoms with Gasteiger partial charge >= 0.3 is 0 Å². The molecule has 1 saturated heterocycles. The molecule has 2 aromatic carbocycles. The van der Waals surface area contributed by atoms with Gasteiger partial charge in [0.2, 0.25) is 10.0 Å². The van der Waals surface area contributed by atoms with E-state index in [9.17, 15) is 13.2 Å². The van der Waals surface area contributed by atoms with Crippen LogP contribution in [-0.4, -0.2) is 34.0 Å². The van der Waals surface area contributed by atoms with Crippen LogP contribution in [0.4, 0.5) is 11.4 Å². The number of amides is 1. The molecule has 0 aromatic heterocycles. The molecule has 0 radical (unpaired) electrons. The molecule has 0 bridgehead atoms. The highest BCUT2D eigenvalue weighted by Gasteiger charge is 2.24. The number of carbonyl (C=O) groups excluding carboxylic acids is 1. The predicted octanol–water partition coefficient (Wildman–Crippen LogP) is 3.47. The van der Waals surface area contributed by atoms with E-state index in [-0.39, 0.29) is 10.8 Å². The van der Waals surface area contributed by atoms with Gasteiger partial charge in [-0.1, -0.05) is 13.0 Å². The predicted molar refractivity (Wildman–Crippen MR) is 115 cm³/mol. The Bertz CT molecular complexity index is 985. The highest BCUT2D eigenvalue weighted by Crippen LogP contribution is 2.28. The molecule has 2 N–H and O–H groups in total. The van der Waals surface area contributed by atoms with Gasteiger partial charge in [0.25, 0.3) is 5.91 Å². The summed E-state index contributed by atoms with van der Waals surface area (Å²) in [6, 6.07) is 13.9. The SMILES string of the molecule is CC1CCN(c2ccc(NC(=O)c3cccc(S(=O)(=O)NCC4CC4)c3)cc2)C1. The molecular formula is C22H27N3O3S. The van der Waals surface area contributed by atoms with Gasteiger partial charge in [0.05, 0.1) is 4.90 Å². The summed E-state index contributed by atoms with van der Waals surface area (Å²) in [6.45, 7) is 4.83. The molecule has 0 spiro atoms. The molecule has 2 aromatic rings. The van der Waals surface area contributed by atoms with Crippen molar-refractivity contribution in [2.45, 2.75) is 31.1 Å². The first-order chi connectivity index (χ1) is 13.9. The van der Waals surface area contributed by atoms with E-state index in [0.29, 0.717) is 29.6 Å². The maximum Gasteiger partial charge on any atom is 0.255 e. The fraction of sp³-hybridized carbons (Fsp3) is 0.409. The van der Waals surface area contributed by atoms with Gasteiger partial charge in [-0.15, -0.1) is 0 Å². The summed E-state index contributed by atoms with van der Waals surface area (Å²) in [4.78, 5) is 15.1. The Balaban J connectivity index is 1.41. The lowest BCUT2D eigenvalue weighted by atomic mass is 10.2. The van der Waals surface area contributed by atoms with Crippen molar-refractivity contribution in [3.63, 3.8) is 0 Å². The molecule has 154 valence electrons. The Kier molecular flexibility index (Phi) is 5.61. The molecule has 2 fully saturated rings. The molecule has 6 nitrogen and oxygen atoms in total. The summed E-state index contributed by atoms with van der Waals surface area (Å²) in [7, 11) is -3.60. The molecular weight excluding hydrogens is 386 g/mol. The van der Waals surface area contributed by atoms with Crippen molar-refractivity contribution in [1.82, 2.24) is 4.72 Å². The zero-order chi connectivity index (χ0) is 20.4. The van der Waals surface area contributed by atoms with E-state index < -0.39 is 10.0 Å². The van der Waals surface area contributed by atoms with E-state index in [1.807, 2.05) is 24.3 Å². The van der Waals surface area contributed by atoms with Gasteiger partial charge in [0.1, 0.15) is 0 Å². The van der Waals surface area contributed by atoms with E-state index >= 15 is 0 Å². The summed E-state index contributed by atoms with van der Waals surface area (Å²) in [6.07, 6.45) is 3.34. The summed E-state index contributed by atoms with van der Waals surface area (Å²) in [5.41, 5.74) is 2.16. The second-order valence-corrected chi connectivity index (χ2v) is 9.93. The first-order valence-electron chi connectivity index (χ1n) is 10.2. The number of rotatable bonds is 7. The van der Waals surface area contributed by atoms with Crippen LogP contribution in [0.5, 0.6) is 0 Å². The summed E-state index contributed by atoms with van der Waals surface area (Å²) < 4.78 is 27.5. The lowest BCUT2D eigenvalue weighted by Crippen LogP contribution is -2.26. The van der Waals surface area contributed by atoms with Crippen LogP contribution >= 0.6 is 0 Å². The molecule has 1 aliphatic carbocycles. The fourth-order valence-electron chi connectivity index (χ4n) is 3.57. The highest BCUT2D eigenvalue weighted by atomic mass is 32.2. The molecule has 1 unspecified atom stereocenters. The van der Waals surface area contributed by atoms with Gasteiger partial charge in [-0.05, 0) is 73.6 Å². The Morgan fingerprint density at radius 3 is 2.52 bits per heavy atom. The smallest absolute Gasteiger partial charge is 0.255 e. The summed E-state index contributed by atoms with van der Waals surface area (Å²) >= 11 is 0. The monoisotopic (exact) mass is 413 g/mol. The lowest BCUT2D eigenvalue weighted by Gasteiger charge is -2.18. The summed E-state index contributed by atoms with van der Waals surface area (Å²) in [5, 5.41) is 2.85. The third-order valence-corrected chi connectivity index (χ3v) is 7.00. The van der Waals surface area contributed by atoms with Gasteiger partial charge in [-0.3, -0.25) is 4.79 Å². The van der Waals surface area contributed by atoms with E-state index in [4.69, 9.17) is 0 Å². The molecule has 1 atom stereocenters. The van der Waals surface area contributed by atoms with Gasteiger partial charge in [0, 0.05) is 36.6 Å². The Morgan fingerprint density at radius 1 is 1.10 bits per heavy atom. The molecule has 1 heterocycles. The largest absolute Gasteiger partial charge is 0.371 e. The molecule has 4 rings (SSSR count). The maximum absolute atomic E-state index is 12.6. The van der Waals surface area contributed by atoms with Crippen molar-refractivity contribution in [3.8, 4) is 0 Å². The van der Waals surface area contributed by atoms with E-state index in [2.05, 4.69) is 21.9 Å². The number of carbonyl (C=O) groups is 1. The minimum Gasteiger partial charge on any atom is -0.371 e. The van der Waals surface area contributed by atoms with Crippen LogP contribution in [0.15, 0.2) is 53.4 Å². The van der Waals surface area contributed by atoms with E-state index in [1.165, 1.54) is 18.6 Å². The third kappa shape index (κ3) is 4.97. The number of benzene rings is 2. The van der Waals surface area contributed by atoms with Crippen LogP contribution < -0.4 is 14.9 Å². The number of nitrogens with one attached hydrogen (secondary N) is 2. The zero-order valence-electron chi connectivity index (χ0n) is 16.6. The van der Waals surface area contributed by atoms with Crippen LogP contribution in [0.2, 0.25) is 0 Å². The number of nitrogens with zero attached hydrogens (tertiary/aromatic N) is 1. The minimum absolute atomic E-state index is 0.115. The van der Waals surface area contributed by atoms with Crippen molar-refractivity contribution in [2.24, 2.45) is 11.8 Å². The van der Waals surface area contributed by atoms with Crippen molar-refractivity contribution in [2.75, 3.05) is 29.9 Å². The molecule has 1 aliphatic heterocycles. The average Bonchev–Trinajstić information content (AvgIpc) is 3.46. The number of sulfonamides is 1.